The Balaban J connectivity index is 1.70. The normalized spacial score (nSPS) is 15.4. The predicted octanol–water partition coefficient (Wildman–Crippen LogP) is 3.54. The molecule has 0 unspecified atom stereocenters. The van der Waals surface area contributed by atoms with Crippen LogP contribution in [-0.4, -0.2) is 33.1 Å². The average Bonchev–Trinajstić information content (AvgIpc) is 3.07. The number of nitrogens with one attached hydrogen (secondary N) is 1. The van der Waals surface area contributed by atoms with Crippen LogP contribution >= 0.6 is 0 Å². The molecule has 0 aromatic carbocycles. The van der Waals surface area contributed by atoms with Gasteiger partial charge in [0.05, 0.1) is 24.6 Å². The number of anilines is 1. The van der Waals surface area contributed by atoms with E-state index in [-0.39, 0.29) is 12.1 Å². The highest BCUT2D eigenvalue weighted by Crippen LogP contribution is 2.24. The van der Waals surface area contributed by atoms with Crippen molar-refractivity contribution >= 4 is 11.8 Å². The maximum atomic E-state index is 12.3. The van der Waals surface area contributed by atoms with E-state index in [1.54, 1.807) is 23.6 Å². The van der Waals surface area contributed by atoms with E-state index in [2.05, 4.69) is 15.3 Å². The van der Waals surface area contributed by atoms with E-state index in [1.165, 1.54) is 0 Å². The number of hydrogen-bond acceptors (Lipinski definition) is 6. The molecule has 1 N–H and O–H groups in total. The van der Waals surface area contributed by atoms with Crippen LogP contribution in [-0.2, 0) is 17.7 Å². The van der Waals surface area contributed by atoms with Gasteiger partial charge in [-0.2, -0.15) is 0 Å². The van der Waals surface area contributed by atoms with Gasteiger partial charge in [0.2, 0.25) is 5.89 Å². The van der Waals surface area contributed by atoms with Crippen LogP contribution in [0.3, 0.4) is 0 Å². The highest BCUT2D eigenvalue weighted by molar-refractivity contribution is 5.68. The quantitative estimate of drug-likeness (QED) is 0.917. The molecule has 0 fully saturated rings. The number of rotatable bonds is 3. The Morgan fingerprint density at radius 3 is 2.88 bits per heavy atom. The van der Waals surface area contributed by atoms with E-state index in [0.29, 0.717) is 19.0 Å². The molecule has 1 aliphatic heterocycles. The molecule has 0 radical (unpaired) electrons. The van der Waals surface area contributed by atoms with Gasteiger partial charge in [-0.25, -0.2) is 9.78 Å². The van der Waals surface area contributed by atoms with Gasteiger partial charge in [0.1, 0.15) is 17.9 Å². The van der Waals surface area contributed by atoms with Gasteiger partial charge in [0.25, 0.3) is 0 Å². The summed E-state index contributed by atoms with van der Waals surface area (Å²) < 4.78 is 10.8. The molecule has 1 aliphatic rings. The fourth-order valence-electron chi connectivity index (χ4n) is 2.75. The van der Waals surface area contributed by atoms with Gasteiger partial charge in [0, 0.05) is 18.7 Å². The lowest BCUT2D eigenvalue weighted by atomic mass is 10.1. The first kappa shape index (κ1) is 17.3. The zero-order chi connectivity index (χ0) is 18.0. The summed E-state index contributed by atoms with van der Waals surface area (Å²) in [6, 6.07) is 1.96. The second-order valence-corrected chi connectivity index (χ2v) is 7.22. The van der Waals surface area contributed by atoms with Crippen LogP contribution < -0.4 is 5.32 Å². The van der Waals surface area contributed by atoms with Crippen molar-refractivity contribution < 1.29 is 13.9 Å². The number of fused-ring (bicyclic) bond motifs is 1. The minimum Gasteiger partial charge on any atom is -0.447 e. The maximum absolute atomic E-state index is 12.3. The van der Waals surface area contributed by atoms with Crippen molar-refractivity contribution in [3.05, 3.63) is 41.9 Å². The largest absolute Gasteiger partial charge is 0.447 e. The molecule has 0 saturated carbocycles. The first-order chi connectivity index (χ1) is 11.8. The molecule has 2 aromatic heterocycles. The molecule has 1 atom stereocenters. The average molecular weight is 344 g/mol. The van der Waals surface area contributed by atoms with Crippen LogP contribution in [0.4, 0.5) is 10.5 Å². The summed E-state index contributed by atoms with van der Waals surface area (Å²) in [7, 11) is 0. The summed E-state index contributed by atoms with van der Waals surface area (Å²) in [4.78, 5) is 22.7. The molecule has 25 heavy (non-hydrogen) atoms. The van der Waals surface area contributed by atoms with E-state index in [0.717, 1.165) is 23.4 Å². The Morgan fingerprint density at radius 2 is 2.20 bits per heavy atom. The topological polar surface area (TPSA) is 80.5 Å². The lowest BCUT2D eigenvalue weighted by Crippen LogP contribution is -2.40. The third-order valence-corrected chi connectivity index (χ3v) is 3.90. The van der Waals surface area contributed by atoms with Crippen molar-refractivity contribution in [2.24, 2.45) is 0 Å². The standard InChI is InChI=1S/C18H24N4O3/c1-12(16-19-6-8-24-16)21-14-9-13-11-22(7-5-15(13)20-10-14)17(23)25-18(2,3)4/h6,8-10,12,21H,5,7,11H2,1-4H3/t12-/m0/s1. The van der Waals surface area contributed by atoms with Gasteiger partial charge in [-0.05, 0) is 39.3 Å². The van der Waals surface area contributed by atoms with Gasteiger partial charge < -0.3 is 19.4 Å². The van der Waals surface area contributed by atoms with E-state index in [1.807, 2.05) is 33.8 Å². The molecular formula is C18H24N4O3. The Labute approximate surface area is 147 Å². The summed E-state index contributed by atoms with van der Waals surface area (Å²) >= 11 is 0. The van der Waals surface area contributed by atoms with Crippen LogP contribution in [0, 0.1) is 0 Å². The Bertz CT molecular complexity index is 737. The smallest absolute Gasteiger partial charge is 0.410 e. The molecule has 0 saturated heterocycles. The van der Waals surface area contributed by atoms with Crippen LogP contribution in [0.2, 0.25) is 0 Å². The first-order valence-electron chi connectivity index (χ1n) is 8.43. The van der Waals surface area contributed by atoms with E-state index in [9.17, 15) is 4.79 Å². The Kier molecular flexibility index (Phi) is 4.65. The summed E-state index contributed by atoms with van der Waals surface area (Å²) in [5.74, 6) is 0.619. The van der Waals surface area contributed by atoms with Gasteiger partial charge >= 0.3 is 6.09 Å². The van der Waals surface area contributed by atoms with Crippen LogP contribution in [0.25, 0.3) is 0 Å². The molecule has 0 aliphatic carbocycles. The lowest BCUT2D eigenvalue weighted by molar-refractivity contribution is 0.0223. The number of carbonyl (C=O) groups is 1. The van der Waals surface area contributed by atoms with Crippen molar-refractivity contribution in [2.45, 2.75) is 52.3 Å². The molecule has 134 valence electrons. The number of nitrogens with zero attached hydrogens (tertiary/aromatic N) is 3. The molecular weight excluding hydrogens is 320 g/mol. The molecule has 7 heteroatoms. The van der Waals surface area contributed by atoms with Gasteiger partial charge in [-0.15, -0.1) is 0 Å². The number of amides is 1. The highest BCUT2D eigenvalue weighted by atomic mass is 16.6. The second kappa shape index (κ2) is 6.74. The van der Waals surface area contributed by atoms with Gasteiger partial charge in [0.15, 0.2) is 0 Å². The summed E-state index contributed by atoms with van der Waals surface area (Å²) in [6.45, 7) is 8.70. The molecule has 2 aromatic rings. The van der Waals surface area contributed by atoms with Crippen molar-refractivity contribution in [2.75, 3.05) is 11.9 Å². The number of carbonyl (C=O) groups excluding carboxylic acids is 1. The molecule has 0 bridgehead atoms. The lowest BCUT2D eigenvalue weighted by Gasteiger charge is -2.31. The van der Waals surface area contributed by atoms with Crippen LogP contribution in [0.5, 0.6) is 0 Å². The Morgan fingerprint density at radius 1 is 1.40 bits per heavy atom. The molecule has 7 nitrogen and oxygen atoms in total. The van der Waals surface area contributed by atoms with Crippen molar-refractivity contribution in [3.8, 4) is 0 Å². The zero-order valence-electron chi connectivity index (χ0n) is 15.1. The summed E-state index contributed by atoms with van der Waals surface area (Å²) in [6.07, 6.45) is 5.42. The SMILES string of the molecule is C[C@H](Nc1cnc2c(c1)CN(C(=O)OC(C)(C)C)CC2)c1ncco1. The zero-order valence-corrected chi connectivity index (χ0v) is 15.1. The number of pyridine rings is 1. The molecule has 0 spiro atoms. The predicted molar refractivity (Wildman–Crippen MR) is 93.1 cm³/mol. The van der Waals surface area contributed by atoms with E-state index in [4.69, 9.17) is 9.15 Å². The maximum Gasteiger partial charge on any atom is 0.410 e. The minimum absolute atomic E-state index is 0.0691. The molecule has 3 rings (SSSR count). The van der Waals surface area contributed by atoms with Crippen molar-refractivity contribution in [1.82, 2.24) is 14.9 Å². The number of ether oxygens (including phenoxy) is 1. The fourth-order valence-corrected chi connectivity index (χ4v) is 2.75. The number of aromatic nitrogens is 2. The number of oxazole rings is 1. The summed E-state index contributed by atoms with van der Waals surface area (Å²) in [5.41, 5.74) is 2.43. The number of hydrogen-bond donors (Lipinski definition) is 1. The van der Waals surface area contributed by atoms with Crippen molar-refractivity contribution in [3.63, 3.8) is 0 Å². The first-order valence-corrected chi connectivity index (χ1v) is 8.43. The third-order valence-electron chi connectivity index (χ3n) is 3.90. The Hall–Kier alpha value is -2.57. The van der Waals surface area contributed by atoms with Gasteiger partial charge in [-0.1, -0.05) is 0 Å². The fraction of sp³-hybridized carbons (Fsp3) is 0.500. The van der Waals surface area contributed by atoms with E-state index < -0.39 is 5.60 Å². The highest BCUT2D eigenvalue weighted by Gasteiger charge is 2.26. The van der Waals surface area contributed by atoms with Crippen LogP contribution in [0.15, 0.2) is 29.1 Å². The van der Waals surface area contributed by atoms with Crippen LogP contribution in [0.1, 0.15) is 50.9 Å². The minimum atomic E-state index is -0.496. The summed E-state index contributed by atoms with van der Waals surface area (Å²) in [5, 5.41) is 3.32. The second-order valence-electron chi connectivity index (χ2n) is 7.22. The van der Waals surface area contributed by atoms with E-state index >= 15 is 0 Å². The molecule has 3 heterocycles. The third kappa shape index (κ3) is 4.29. The monoisotopic (exact) mass is 344 g/mol. The van der Waals surface area contributed by atoms with Crippen molar-refractivity contribution in [1.29, 1.82) is 0 Å². The molecule has 1 amide bonds. The van der Waals surface area contributed by atoms with Gasteiger partial charge in [-0.3, -0.25) is 4.98 Å².